The van der Waals surface area contributed by atoms with E-state index in [-0.39, 0.29) is 0 Å². The molecular weight excluding hydrogens is 270 g/mol. The van der Waals surface area contributed by atoms with E-state index in [2.05, 4.69) is 47.4 Å². The Balaban J connectivity index is 0.000000441. The number of rotatable bonds is 2. The quantitative estimate of drug-likeness (QED) is 0.588. The molecule has 1 aromatic carbocycles. The highest BCUT2D eigenvalue weighted by Gasteiger charge is 1.99. The Morgan fingerprint density at radius 3 is 2.35 bits per heavy atom. The molecule has 0 aliphatic carbocycles. The molecule has 0 amide bonds. The number of aromatic nitrogens is 1. The van der Waals surface area contributed by atoms with Gasteiger partial charge in [-0.3, -0.25) is 4.98 Å². The van der Waals surface area contributed by atoms with E-state index in [9.17, 15) is 0 Å². The summed E-state index contributed by atoms with van der Waals surface area (Å²) < 4.78 is 0. The number of aryl methyl sites for hydroxylation is 2. The first-order chi connectivity index (χ1) is 9.58. The molecule has 2 rings (SSSR count). The third-order valence-corrected chi connectivity index (χ3v) is 2.64. The Morgan fingerprint density at radius 1 is 1.20 bits per heavy atom. The molecule has 0 aliphatic rings. The van der Waals surface area contributed by atoms with Crippen LogP contribution in [0.2, 0.25) is 0 Å². The molecule has 4 nitrogen and oxygen atoms in total. The topological polar surface area (TPSA) is 74.2 Å². The SMILES string of the molecule is CC.Cc1cc(C)c2ccc(S)cc2n1.NCCON. The molecule has 4 N–H and O–H groups in total. The summed E-state index contributed by atoms with van der Waals surface area (Å²) in [4.78, 5) is 9.48. The van der Waals surface area contributed by atoms with Crippen molar-refractivity contribution in [3.05, 3.63) is 35.5 Å². The minimum atomic E-state index is 0.444. The molecule has 1 heterocycles. The lowest BCUT2D eigenvalue weighted by molar-refractivity contribution is 0.146. The molecule has 2 aromatic rings. The van der Waals surface area contributed by atoms with Gasteiger partial charge in [-0.15, -0.1) is 12.6 Å². The van der Waals surface area contributed by atoms with E-state index in [1.807, 2.05) is 32.9 Å². The monoisotopic (exact) mass is 295 g/mol. The second-order valence-corrected chi connectivity index (χ2v) is 4.46. The summed E-state index contributed by atoms with van der Waals surface area (Å²) in [6, 6.07) is 8.16. The van der Waals surface area contributed by atoms with Crippen LogP contribution in [0, 0.1) is 13.8 Å². The van der Waals surface area contributed by atoms with E-state index < -0.39 is 0 Å². The van der Waals surface area contributed by atoms with Gasteiger partial charge in [0.05, 0.1) is 12.1 Å². The Morgan fingerprint density at radius 2 is 1.85 bits per heavy atom. The molecule has 0 fully saturated rings. The number of nitrogens with zero attached hydrogens (tertiary/aromatic N) is 1. The molecule has 0 radical (unpaired) electrons. The molecule has 112 valence electrons. The number of fused-ring (bicyclic) bond motifs is 1. The lowest BCUT2D eigenvalue weighted by Gasteiger charge is -2.03. The zero-order valence-electron chi connectivity index (χ0n) is 12.7. The van der Waals surface area contributed by atoms with Gasteiger partial charge in [-0.1, -0.05) is 19.9 Å². The van der Waals surface area contributed by atoms with Crippen molar-refractivity contribution >= 4 is 23.5 Å². The predicted molar refractivity (Wildman–Crippen MR) is 89.0 cm³/mol. The molecule has 0 spiro atoms. The molecule has 0 bridgehead atoms. The van der Waals surface area contributed by atoms with Crippen molar-refractivity contribution in [3.63, 3.8) is 0 Å². The fourth-order valence-corrected chi connectivity index (χ4v) is 1.82. The van der Waals surface area contributed by atoms with Gasteiger partial charge in [0.15, 0.2) is 0 Å². The average molecular weight is 295 g/mol. The van der Waals surface area contributed by atoms with E-state index in [0.717, 1.165) is 16.1 Å². The summed E-state index contributed by atoms with van der Waals surface area (Å²) in [6.07, 6.45) is 0. The van der Waals surface area contributed by atoms with Crippen LogP contribution in [0.5, 0.6) is 0 Å². The zero-order chi connectivity index (χ0) is 15.5. The van der Waals surface area contributed by atoms with Gasteiger partial charge in [0.1, 0.15) is 0 Å². The first kappa shape index (κ1) is 18.9. The van der Waals surface area contributed by atoms with E-state index in [1.165, 1.54) is 10.9 Å². The minimum absolute atomic E-state index is 0.444. The number of nitrogens with two attached hydrogens (primary N) is 2. The standard InChI is InChI=1S/C11H11NS.C2H8N2O.C2H6/c1-7-5-8(2)12-11-6-9(13)3-4-10(7)11;3-1-2-5-4;1-2/h3-6,13H,1-2H3;1-4H2;1-2H3. The van der Waals surface area contributed by atoms with Crippen molar-refractivity contribution in [2.24, 2.45) is 11.6 Å². The van der Waals surface area contributed by atoms with Crippen molar-refractivity contribution in [2.45, 2.75) is 32.6 Å². The summed E-state index contributed by atoms with van der Waals surface area (Å²) >= 11 is 4.29. The number of hydrogen-bond acceptors (Lipinski definition) is 5. The molecule has 20 heavy (non-hydrogen) atoms. The zero-order valence-corrected chi connectivity index (χ0v) is 13.6. The van der Waals surface area contributed by atoms with Crippen molar-refractivity contribution in [2.75, 3.05) is 13.2 Å². The van der Waals surface area contributed by atoms with Crippen LogP contribution in [0.25, 0.3) is 10.9 Å². The number of hydrogen-bond donors (Lipinski definition) is 3. The first-order valence-electron chi connectivity index (χ1n) is 6.67. The second-order valence-electron chi connectivity index (χ2n) is 3.94. The van der Waals surface area contributed by atoms with Crippen molar-refractivity contribution in [1.29, 1.82) is 0 Å². The largest absolute Gasteiger partial charge is 0.328 e. The normalized spacial score (nSPS) is 9.35. The third-order valence-electron chi connectivity index (χ3n) is 2.36. The molecular formula is C15H25N3OS. The van der Waals surface area contributed by atoms with Gasteiger partial charge in [0.25, 0.3) is 0 Å². The molecule has 5 heteroatoms. The van der Waals surface area contributed by atoms with Gasteiger partial charge in [-0.25, -0.2) is 5.90 Å². The van der Waals surface area contributed by atoms with Gasteiger partial charge in [0, 0.05) is 22.5 Å². The highest BCUT2D eigenvalue weighted by Crippen LogP contribution is 2.20. The van der Waals surface area contributed by atoms with Crippen LogP contribution in [0.1, 0.15) is 25.1 Å². The maximum atomic E-state index is 4.93. The van der Waals surface area contributed by atoms with Crippen LogP contribution in [0.3, 0.4) is 0 Å². The van der Waals surface area contributed by atoms with Crippen molar-refractivity contribution < 1.29 is 4.84 Å². The number of pyridine rings is 1. The molecule has 1 aromatic heterocycles. The van der Waals surface area contributed by atoms with Crippen molar-refractivity contribution in [3.8, 4) is 0 Å². The highest BCUT2D eigenvalue weighted by atomic mass is 32.1. The van der Waals surface area contributed by atoms with Crippen LogP contribution in [0.15, 0.2) is 29.2 Å². The Hall–Kier alpha value is -1.14. The Bertz CT molecular complexity index is 510. The third kappa shape index (κ3) is 6.34. The summed E-state index contributed by atoms with van der Waals surface area (Å²) in [6.45, 7) is 9.06. The van der Waals surface area contributed by atoms with Crippen LogP contribution < -0.4 is 11.6 Å². The maximum Gasteiger partial charge on any atom is 0.0801 e. The second kappa shape index (κ2) is 10.6. The van der Waals surface area contributed by atoms with E-state index in [0.29, 0.717) is 13.2 Å². The average Bonchev–Trinajstić information content (AvgIpc) is 2.41. The fraction of sp³-hybridized carbons (Fsp3) is 0.400. The number of thiol groups is 1. The van der Waals surface area contributed by atoms with Crippen LogP contribution in [-0.2, 0) is 4.84 Å². The minimum Gasteiger partial charge on any atom is -0.328 e. The van der Waals surface area contributed by atoms with Crippen molar-refractivity contribution in [1.82, 2.24) is 4.98 Å². The fourth-order valence-electron chi connectivity index (χ4n) is 1.63. The van der Waals surface area contributed by atoms with Gasteiger partial charge in [-0.05, 0) is 37.6 Å². The summed E-state index contributed by atoms with van der Waals surface area (Å²) in [5.74, 6) is 4.56. The molecule has 0 saturated heterocycles. The lowest BCUT2D eigenvalue weighted by Crippen LogP contribution is -2.11. The van der Waals surface area contributed by atoms with E-state index in [4.69, 9.17) is 5.73 Å². The molecule has 0 unspecified atom stereocenters. The maximum absolute atomic E-state index is 4.93. The molecule has 0 aliphatic heterocycles. The van der Waals surface area contributed by atoms with Crippen LogP contribution in [0.4, 0.5) is 0 Å². The van der Waals surface area contributed by atoms with Gasteiger partial charge in [0.2, 0.25) is 0 Å². The van der Waals surface area contributed by atoms with Gasteiger partial charge < -0.3 is 10.6 Å². The van der Waals surface area contributed by atoms with E-state index in [1.54, 1.807) is 0 Å². The smallest absolute Gasteiger partial charge is 0.0801 e. The summed E-state index contributed by atoms with van der Waals surface area (Å²) in [5, 5.41) is 1.21. The molecule has 0 saturated carbocycles. The number of benzene rings is 1. The molecule has 0 atom stereocenters. The first-order valence-corrected chi connectivity index (χ1v) is 7.12. The Kier molecular flexibility index (Phi) is 10.0. The van der Waals surface area contributed by atoms with E-state index >= 15 is 0 Å². The lowest BCUT2D eigenvalue weighted by atomic mass is 10.1. The summed E-state index contributed by atoms with van der Waals surface area (Å²) in [5.41, 5.74) is 8.30. The predicted octanol–water partition coefficient (Wildman–Crippen LogP) is 3.00. The highest BCUT2D eigenvalue weighted by molar-refractivity contribution is 7.80. The van der Waals surface area contributed by atoms with Crippen LogP contribution in [-0.4, -0.2) is 18.1 Å². The van der Waals surface area contributed by atoms with Gasteiger partial charge >= 0.3 is 0 Å². The Labute approximate surface area is 126 Å². The van der Waals surface area contributed by atoms with Gasteiger partial charge in [-0.2, -0.15) is 0 Å². The summed E-state index contributed by atoms with van der Waals surface area (Å²) in [7, 11) is 0. The van der Waals surface area contributed by atoms with Crippen LogP contribution >= 0.6 is 12.6 Å².